The second kappa shape index (κ2) is 21.7. The van der Waals surface area contributed by atoms with Crippen LogP contribution in [0.5, 0.6) is 23.0 Å². The van der Waals surface area contributed by atoms with Gasteiger partial charge in [0.15, 0.2) is 11.5 Å². The highest BCUT2D eigenvalue weighted by molar-refractivity contribution is 5.64. The lowest BCUT2D eigenvalue weighted by molar-refractivity contribution is -0.154. The molecule has 11 unspecified atom stereocenters. The number of aliphatic hydroxyl groups excluding tert-OH is 3. The van der Waals surface area contributed by atoms with Gasteiger partial charge in [0.2, 0.25) is 5.75 Å². The number of H-pyrrole nitrogens is 1. The number of aliphatic hydroxyl groups is 3. The Hall–Kier alpha value is -4.36. The summed E-state index contributed by atoms with van der Waals surface area (Å²) in [7, 11) is 1.45. The van der Waals surface area contributed by atoms with Crippen molar-refractivity contribution in [2.45, 2.75) is 158 Å². The van der Waals surface area contributed by atoms with Crippen LogP contribution in [0.4, 0.5) is 0 Å². The van der Waals surface area contributed by atoms with Crippen LogP contribution >= 0.6 is 0 Å². The Labute approximate surface area is 403 Å². The minimum Gasteiger partial charge on any atom is -0.508 e. The average molecular weight is 933 g/mol. The molecule has 11 heteroatoms. The van der Waals surface area contributed by atoms with Gasteiger partial charge < -0.3 is 55.2 Å². The third-order valence-corrected chi connectivity index (χ3v) is 17.2. The number of phenolic OH excluding ortho intramolecular Hbond substituents is 2. The molecule has 368 valence electrons. The summed E-state index contributed by atoms with van der Waals surface area (Å²) in [6, 6.07) is 19.3. The number of nitrogens with one attached hydrogen (secondary N) is 2. The van der Waals surface area contributed by atoms with Crippen LogP contribution in [0.3, 0.4) is 0 Å². The SMILES string of the molecule is CCOCCCNC1C=CC2C(CCC(C(O)CC3(c4ccccc4)CCCCC3)C2c2cc(C3CCC4C(O)CC(c5c(CO)c(O)c(O)c(OC)c5Cc5cc[nH]c5)OC4C3)ccc2O)C1. The third kappa shape index (κ3) is 9.99. The number of fused-ring (bicyclic) bond motifs is 2. The Bertz CT molecular complexity index is 2290. The van der Waals surface area contributed by atoms with Gasteiger partial charge in [0.1, 0.15) is 5.75 Å². The largest absolute Gasteiger partial charge is 0.508 e. The smallest absolute Gasteiger partial charge is 0.201 e. The Morgan fingerprint density at radius 1 is 0.912 bits per heavy atom. The van der Waals surface area contributed by atoms with E-state index in [9.17, 15) is 30.6 Å². The Morgan fingerprint density at radius 3 is 2.49 bits per heavy atom. The topological polar surface area (TPSA) is 177 Å². The van der Waals surface area contributed by atoms with Crippen molar-refractivity contribution < 1.29 is 44.8 Å². The minimum atomic E-state index is -0.686. The molecule has 3 aromatic carbocycles. The molecule has 11 nitrogen and oxygen atoms in total. The summed E-state index contributed by atoms with van der Waals surface area (Å²) in [4.78, 5) is 3.08. The molecule has 1 aliphatic heterocycles. The number of aromatic nitrogens is 1. The number of hydrogen-bond acceptors (Lipinski definition) is 10. The second-order valence-electron chi connectivity index (χ2n) is 20.9. The van der Waals surface area contributed by atoms with Crippen molar-refractivity contribution in [3.63, 3.8) is 0 Å². The van der Waals surface area contributed by atoms with E-state index in [4.69, 9.17) is 14.2 Å². The third-order valence-electron chi connectivity index (χ3n) is 17.2. The van der Waals surface area contributed by atoms with E-state index in [0.29, 0.717) is 36.3 Å². The fourth-order valence-corrected chi connectivity index (χ4v) is 13.8. The lowest BCUT2D eigenvalue weighted by Crippen LogP contribution is -2.45. The van der Waals surface area contributed by atoms with Crippen molar-refractivity contribution >= 4 is 0 Å². The van der Waals surface area contributed by atoms with E-state index in [0.717, 1.165) is 87.8 Å². The molecule has 2 heterocycles. The molecule has 8 N–H and O–H groups in total. The van der Waals surface area contributed by atoms with Crippen LogP contribution < -0.4 is 10.1 Å². The summed E-state index contributed by atoms with van der Waals surface area (Å²) in [5, 5.41) is 73.4. The Morgan fingerprint density at radius 2 is 1.74 bits per heavy atom. The van der Waals surface area contributed by atoms with Gasteiger partial charge in [0.25, 0.3) is 0 Å². The predicted molar refractivity (Wildman–Crippen MR) is 263 cm³/mol. The zero-order valence-corrected chi connectivity index (χ0v) is 40.2. The predicted octanol–water partition coefficient (Wildman–Crippen LogP) is 9.72. The summed E-state index contributed by atoms with van der Waals surface area (Å²) in [6.07, 6.45) is 19.4. The molecule has 0 amide bonds. The Balaban J connectivity index is 1.02. The van der Waals surface area contributed by atoms with Crippen molar-refractivity contribution in [2.75, 3.05) is 26.9 Å². The summed E-state index contributed by atoms with van der Waals surface area (Å²) in [5.41, 5.74) is 5.53. The van der Waals surface area contributed by atoms with E-state index in [1.807, 2.05) is 31.5 Å². The normalized spacial score (nSPS) is 29.5. The molecule has 9 rings (SSSR count). The van der Waals surface area contributed by atoms with Crippen LogP contribution in [0.2, 0.25) is 0 Å². The van der Waals surface area contributed by atoms with Crippen molar-refractivity contribution in [3.05, 3.63) is 118 Å². The molecule has 1 aromatic heterocycles. The lowest BCUT2D eigenvalue weighted by Gasteiger charge is -2.49. The van der Waals surface area contributed by atoms with Crippen molar-refractivity contribution in [3.8, 4) is 23.0 Å². The van der Waals surface area contributed by atoms with Gasteiger partial charge >= 0.3 is 0 Å². The van der Waals surface area contributed by atoms with Gasteiger partial charge in [-0.3, -0.25) is 0 Å². The van der Waals surface area contributed by atoms with Gasteiger partial charge in [-0.15, -0.1) is 0 Å². The first-order chi connectivity index (χ1) is 33.1. The van der Waals surface area contributed by atoms with Crippen LogP contribution in [0, 0.1) is 23.7 Å². The molecule has 4 aromatic rings. The summed E-state index contributed by atoms with van der Waals surface area (Å²) >= 11 is 0. The fraction of sp³-hybridized carbons (Fsp3) is 0.579. The maximum atomic E-state index is 12.8. The van der Waals surface area contributed by atoms with Crippen molar-refractivity contribution in [1.82, 2.24) is 10.3 Å². The van der Waals surface area contributed by atoms with Crippen LogP contribution in [0.1, 0.15) is 154 Å². The molecule has 5 aliphatic rings. The standard InChI is InChI=1S/C57H76N2O9/c1-3-67-26-10-24-59-40-16-19-41-38(28-40)14-18-43(49(63)32-57(22-8-5-9-23-57)39-11-6-4-7-12-39)52(41)44-29-36(15-20-47(44)61)37-13-17-42-48(62)31-51(68-50(42)30-37)53-45(27-35-21-25-58-33-35)56(66-2)55(65)54(64)46(53)34-60/h4,6-7,11-12,15-16,19-21,25,29,33,37-38,40-43,48-52,58-65H,3,5,8-10,13-14,17-18,22-24,26-28,30-32,34H2,1-2H3. The first-order valence-electron chi connectivity index (χ1n) is 25.9. The van der Waals surface area contributed by atoms with E-state index >= 15 is 0 Å². The molecule has 3 saturated carbocycles. The average Bonchev–Trinajstić information content (AvgIpc) is 3.88. The van der Waals surface area contributed by atoms with Crippen LogP contribution in [-0.4, -0.2) is 86.8 Å². The van der Waals surface area contributed by atoms with Gasteiger partial charge in [0.05, 0.1) is 38.1 Å². The molecule has 4 fully saturated rings. The molecule has 0 spiro atoms. The van der Waals surface area contributed by atoms with Crippen LogP contribution in [-0.2, 0) is 27.9 Å². The zero-order chi connectivity index (χ0) is 47.4. The van der Waals surface area contributed by atoms with Gasteiger partial charge in [-0.25, -0.2) is 0 Å². The van der Waals surface area contributed by atoms with E-state index < -0.39 is 36.4 Å². The number of benzene rings is 3. The first kappa shape index (κ1) is 48.7. The second-order valence-corrected chi connectivity index (χ2v) is 20.9. The van der Waals surface area contributed by atoms with Crippen molar-refractivity contribution in [2.24, 2.45) is 23.7 Å². The number of ether oxygens (including phenoxy) is 3. The van der Waals surface area contributed by atoms with Crippen LogP contribution in [0.15, 0.2) is 79.1 Å². The Kier molecular flexibility index (Phi) is 15.6. The number of aromatic hydroxyl groups is 3. The van der Waals surface area contributed by atoms with E-state index in [-0.39, 0.29) is 70.6 Å². The monoisotopic (exact) mass is 933 g/mol. The number of methoxy groups -OCH3 is 1. The van der Waals surface area contributed by atoms with Crippen LogP contribution in [0.25, 0.3) is 0 Å². The maximum Gasteiger partial charge on any atom is 0.201 e. The highest BCUT2D eigenvalue weighted by Gasteiger charge is 2.48. The number of phenols is 3. The maximum absolute atomic E-state index is 12.8. The van der Waals surface area contributed by atoms with E-state index in [1.165, 1.54) is 31.9 Å². The van der Waals surface area contributed by atoms with E-state index in [2.05, 4.69) is 64.9 Å². The van der Waals surface area contributed by atoms with E-state index in [1.54, 1.807) is 0 Å². The molecular weight excluding hydrogens is 857 g/mol. The van der Waals surface area contributed by atoms with Gasteiger partial charge in [-0.2, -0.15) is 0 Å². The highest BCUT2D eigenvalue weighted by Crippen LogP contribution is 2.56. The minimum absolute atomic E-state index is 0.0338. The fourth-order valence-electron chi connectivity index (χ4n) is 13.8. The van der Waals surface area contributed by atoms with Gasteiger partial charge in [-0.1, -0.05) is 73.9 Å². The first-order valence-corrected chi connectivity index (χ1v) is 25.9. The van der Waals surface area contributed by atoms with Gasteiger partial charge in [0, 0.05) is 61.5 Å². The lowest BCUT2D eigenvalue weighted by atomic mass is 9.57. The molecular formula is C57H76N2O9. The quantitative estimate of drug-likeness (QED) is 0.0289. The highest BCUT2D eigenvalue weighted by atomic mass is 16.5. The number of allylic oxidation sites excluding steroid dienone is 1. The van der Waals surface area contributed by atoms with Crippen molar-refractivity contribution in [1.29, 1.82) is 0 Å². The molecule has 4 aliphatic carbocycles. The molecule has 1 saturated heterocycles. The molecule has 0 bridgehead atoms. The summed E-state index contributed by atoms with van der Waals surface area (Å²) in [5.74, 6) is -0.0282. The number of hydrogen-bond donors (Lipinski definition) is 8. The number of aromatic amines is 1. The number of rotatable bonds is 17. The molecule has 0 radical (unpaired) electrons. The molecule has 68 heavy (non-hydrogen) atoms. The summed E-state index contributed by atoms with van der Waals surface area (Å²) < 4.78 is 18.3. The zero-order valence-electron chi connectivity index (χ0n) is 40.2. The summed E-state index contributed by atoms with van der Waals surface area (Å²) in [6.45, 7) is 3.88. The molecule has 11 atom stereocenters. The van der Waals surface area contributed by atoms with Gasteiger partial charge in [-0.05, 0) is 153 Å².